The number of ether oxygens (including phenoxy) is 1. The Bertz CT molecular complexity index is 540. The molecule has 0 spiro atoms. The third-order valence-corrected chi connectivity index (χ3v) is 2.47. The van der Waals surface area contributed by atoms with Crippen LogP contribution >= 0.6 is 0 Å². The molecule has 16 heavy (non-hydrogen) atoms. The maximum atomic E-state index is 9.01. The number of nitrogens with zero attached hydrogens (tertiary/aromatic N) is 1. The molecule has 0 fully saturated rings. The topological polar surface area (TPSA) is 33.0 Å². The first-order valence-corrected chi connectivity index (χ1v) is 5.41. The van der Waals surface area contributed by atoms with Gasteiger partial charge in [-0.2, -0.15) is 5.26 Å². The summed E-state index contributed by atoms with van der Waals surface area (Å²) < 4.78 is 5.66. The second kappa shape index (κ2) is 4.67. The van der Waals surface area contributed by atoms with Gasteiger partial charge in [-0.15, -0.1) is 0 Å². The highest BCUT2D eigenvalue weighted by Gasteiger charge is 2.05. The zero-order valence-electron chi connectivity index (χ0n) is 9.23. The number of hydrogen-bond donors (Lipinski definition) is 0. The third-order valence-electron chi connectivity index (χ3n) is 2.47. The van der Waals surface area contributed by atoms with Gasteiger partial charge in [0.25, 0.3) is 0 Å². The van der Waals surface area contributed by atoms with Gasteiger partial charge in [0.05, 0.1) is 18.2 Å². The van der Waals surface area contributed by atoms with E-state index in [1.807, 2.05) is 36.4 Å². The molecule has 2 aromatic carbocycles. The Morgan fingerprint density at radius 3 is 2.56 bits per heavy atom. The van der Waals surface area contributed by atoms with Gasteiger partial charge >= 0.3 is 0 Å². The van der Waals surface area contributed by atoms with Crippen molar-refractivity contribution < 1.29 is 4.74 Å². The average molecular weight is 211 g/mol. The van der Waals surface area contributed by atoms with Crippen LogP contribution in [0.3, 0.4) is 0 Å². The van der Waals surface area contributed by atoms with E-state index in [0.717, 1.165) is 22.9 Å². The Labute approximate surface area is 95.1 Å². The summed E-state index contributed by atoms with van der Waals surface area (Å²) in [5, 5.41) is 11.0. The predicted octanol–water partition coefficient (Wildman–Crippen LogP) is 3.50. The highest BCUT2D eigenvalue weighted by molar-refractivity contribution is 5.92. The van der Waals surface area contributed by atoms with Crippen LogP contribution < -0.4 is 4.74 Å². The lowest BCUT2D eigenvalue weighted by atomic mass is 10.0. The Morgan fingerprint density at radius 2 is 1.88 bits per heavy atom. The van der Waals surface area contributed by atoms with E-state index in [1.165, 1.54) is 0 Å². The summed E-state index contributed by atoms with van der Waals surface area (Å²) >= 11 is 0. The van der Waals surface area contributed by atoms with Gasteiger partial charge in [-0.25, -0.2) is 0 Å². The van der Waals surface area contributed by atoms with Crippen LogP contribution in [0.2, 0.25) is 0 Å². The molecule has 0 saturated carbocycles. The Hall–Kier alpha value is -2.01. The zero-order chi connectivity index (χ0) is 11.4. The molecule has 2 aromatic rings. The molecule has 0 saturated heterocycles. The Morgan fingerprint density at radius 1 is 1.12 bits per heavy atom. The number of hydrogen-bond acceptors (Lipinski definition) is 2. The number of rotatable bonds is 3. The van der Waals surface area contributed by atoms with Crippen LogP contribution in [-0.4, -0.2) is 6.61 Å². The van der Waals surface area contributed by atoms with Gasteiger partial charge in [-0.05, 0) is 18.6 Å². The molecule has 0 unspecified atom stereocenters. The first-order chi connectivity index (χ1) is 7.86. The van der Waals surface area contributed by atoms with Crippen molar-refractivity contribution in [1.29, 1.82) is 5.26 Å². The fraction of sp³-hybridized carbons (Fsp3) is 0.214. The summed E-state index contributed by atoms with van der Waals surface area (Å²) in [5.74, 6) is 0.858. The average Bonchev–Trinajstić information content (AvgIpc) is 2.36. The van der Waals surface area contributed by atoms with Crippen molar-refractivity contribution in [2.24, 2.45) is 0 Å². The van der Waals surface area contributed by atoms with Crippen molar-refractivity contribution in [3.63, 3.8) is 0 Å². The molecule has 2 nitrogen and oxygen atoms in total. The normalized spacial score (nSPS) is 10.0. The van der Waals surface area contributed by atoms with Crippen LogP contribution in [0, 0.1) is 11.3 Å². The van der Waals surface area contributed by atoms with Crippen molar-refractivity contribution in [2.45, 2.75) is 13.3 Å². The molecule has 0 aromatic heterocycles. The van der Waals surface area contributed by atoms with Gasteiger partial charge in [0.2, 0.25) is 0 Å². The minimum atomic E-state index is 0.694. The summed E-state index contributed by atoms with van der Waals surface area (Å²) in [7, 11) is 0. The molecule has 0 heterocycles. The molecule has 2 rings (SSSR count). The van der Waals surface area contributed by atoms with Crippen LogP contribution in [0.1, 0.15) is 18.9 Å². The molecule has 0 aliphatic carbocycles. The van der Waals surface area contributed by atoms with Crippen molar-refractivity contribution >= 4 is 10.8 Å². The highest BCUT2D eigenvalue weighted by atomic mass is 16.5. The second-order valence-corrected chi connectivity index (χ2v) is 3.62. The van der Waals surface area contributed by atoms with E-state index < -0.39 is 0 Å². The van der Waals surface area contributed by atoms with Crippen LogP contribution in [0.15, 0.2) is 36.4 Å². The maximum absolute atomic E-state index is 9.01. The van der Waals surface area contributed by atoms with Gasteiger partial charge < -0.3 is 4.74 Å². The maximum Gasteiger partial charge on any atom is 0.127 e. The SMILES string of the molecule is CCCOc1ccc(C#N)c2ccccc12. The molecule has 0 aliphatic heterocycles. The minimum Gasteiger partial charge on any atom is -0.493 e. The molecule has 0 bridgehead atoms. The van der Waals surface area contributed by atoms with Crippen molar-refractivity contribution in [3.8, 4) is 11.8 Å². The monoisotopic (exact) mass is 211 g/mol. The van der Waals surface area contributed by atoms with Crippen molar-refractivity contribution in [2.75, 3.05) is 6.61 Å². The smallest absolute Gasteiger partial charge is 0.127 e. The zero-order valence-corrected chi connectivity index (χ0v) is 9.23. The first kappa shape index (κ1) is 10.5. The molecule has 0 atom stereocenters. The fourth-order valence-corrected chi connectivity index (χ4v) is 1.71. The van der Waals surface area contributed by atoms with E-state index in [2.05, 4.69) is 13.0 Å². The summed E-state index contributed by atoms with van der Waals surface area (Å²) in [6.07, 6.45) is 0.980. The quantitative estimate of drug-likeness (QED) is 0.778. The van der Waals surface area contributed by atoms with E-state index in [0.29, 0.717) is 12.2 Å². The predicted molar refractivity (Wildman–Crippen MR) is 64.4 cm³/mol. The molecule has 0 N–H and O–H groups in total. The van der Waals surface area contributed by atoms with E-state index >= 15 is 0 Å². The van der Waals surface area contributed by atoms with Crippen molar-refractivity contribution in [1.82, 2.24) is 0 Å². The Kier molecular flexibility index (Phi) is 3.07. The highest BCUT2D eigenvalue weighted by Crippen LogP contribution is 2.28. The summed E-state index contributed by atoms with van der Waals surface area (Å²) in [5.41, 5.74) is 0.694. The molecule has 0 radical (unpaired) electrons. The number of fused-ring (bicyclic) bond motifs is 1. The van der Waals surface area contributed by atoms with Gasteiger partial charge in [0, 0.05) is 10.8 Å². The van der Waals surface area contributed by atoms with Crippen LogP contribution in [0.25, 0.3) is 10.8 Å². The van der Waals surface area contributed by atoms with Crippen molar-refractivity contribution in [3.05, 3.63) is 42.0 Å². The molecule has 2 heteroatoms. The second-order valence-electron chi connectivity index (χ2n) is 3.62. The Balaban J connectivity index is 2.57. The molecular weight excluding hydrogens is 198 g/mol. The third kappa shape index (κ3) is 1.85. The molecule has 0 amide bonds. The molecule has 80 valence electrons. The lowest BCUT2D eigenvalue weighted by Gasteiger charge is -2.09. The fourth-order valence-electron chi connectivity index (χ4n) is 1.71. The standard InChI is InChI=1S/C14H13NO/c1-2-9-16-14-8-7-11(10-15)12-5-3-4-6-13(12)14/h3-8H,2,9H2,1H3. The summed E-state index contributed by atoms with van der Waals surface area (Å²) in [4.78, 5) is 0. The van der Waals surface area contributed by atoms with Gasteiger partial charge in [0.1, 0.15) is 5.75 Å². The summed E-state index contributed by atoms with van der Waals surface area (Å²) in [6, 6.07) is 13.7. The molecular formula is C14H13NO. The number of benzene rings is 2. The van der Waals surface area contributed by atoms with Gasteiger partial charge in [0.15, 0.2) is 0 Å². The lowest BCUT2D eigenvalue weighted by molar-refractivity contribution is 0.321. The first-order valence-electron chi connectivity index (χ1n) is 5.41. The minimum absolute atomic E-state index is 0.694. The molecule has 0 aliphatic rings. The van der Waals surface area contributed by atoms with E-state index in [1.54, 1.807) is 0 Å². The van der Waals surface area contributed by atoms with Gasteiger partial charge in [-0.1, -0.05) is 31.2 Å². The van der Waals surface area contributed by atoms with E-state index in [9.17, 15) is 0 Å². The van der Waals surface area contributed by atoms with Crippen LogP contribution in [-0.2, 0) is 0 Å². The van der Waals surface area contributed by atoms with E-state index in [-0.39, 0.29) is 0 Å². The van der Waals surface area contributed by atoms with Gasteiger partial charge in [-0.3, -0.25) is 0 Å². The largest absolute Gasteiger partial charge is 0.493 e. The van der Waals surface area contributed by atoms with Crippen LogP contribution in [0.4, 0.5) is 0 Å². The number of nitriles is 1. The summed E-state index contributed by atoms with van der Waals surface area (Å²) in [6.45, 7) is 2.78. The lowest BCUT2D eigenvalue weighted by Crippen LogP contribution is -1.96. The van der Waals surface area contributed by atoms with Crippen LogP contribution in [0.5, 0.6) is 5.75 Å². The van der Waals surface area contributed by atoms with E-state index in [4.69, 9.17) is 10.00 Å².